The van der Waals surface area contributed by atoms with Crippen LogP contribution in [-0.4, -0.2) is 62.1 Å². The molecule has 18 heavy (non-hydrogen) atoms. The third kappa shape index (κ3) is 3.43. The second-order valence-corrected chi connectivity index (χ2v) is 7.02. The Kier molecular flexibility index (Phi) is 4.24. The SMILES string of the molecule is NS(=O)(=O)C1CCCN(CC(=O)N2CCCC2)C1. The number of carbonyl (C=O) groups is 1. The van der Waals surface area contributed by atoms with Crippen LogP contribution in [0.2, 0.25) is 0 Å². The maximum Gasteiger partial charge on any atom is 0.236 e. The summed E-state index contributed by atoms with van der Waals surface area (Å²) in [5, 5.41) is 4.66. The molecule has 1 unspecified atom stereocenters. The Balaban J connectivity index is 1.87. The van der Waals surface area contributed by atoms with E-state index in [-0.39, 0.29) is 5.91 Å². The summed E-state index contributed by atoms with van der Waals surface area (Å²) >= 11 is 0. The van der Waals surface area contributed by atoms with Crippen LogP contribution >= 0.6 is 0 Å². The average molecular weight is 275 g/mol. The molecule has 0 saturated carbocycles. The topological polar surface area (TPSA) is 83.7 Å². The third-order valence-corrected chi connectivity index (χ3v) is 5.06. The first-order chi connectivity index (χ1) is 8.47. The fraction of sp³-hybridized carbons (Fsp3) is 0.909. The molecular weight excluding hydrogens is 254 g/mol. The summed E-state index contributed by atoms with van der Waals surface area (Å²) < 4.78 is 22.7. The van der Waals surface area contributed by atoms with Crippen molar-refractivity contribution in [3.8, 4) is 0 Å². The van der Waals surface area contributed by atoms with Crippen molar-refractivity contribution in [2.24, 2.45) is 5.14 Å². The Labute approximate surface area is 108 Å². The number of piperidine rings is 1. The van der Waals surface area contributed by atoms with Gasteiger partial charge in [-0.25, -0.2) is 13.6 Å². The number of nitrogens with zero attached hydrogens (tertiary/aromatic N) is 2. The van der Waals surface area contributed by atoms with Gasteiger partial charge in [-0.3, -0.25) is 9.69 Å². The number of likely N-dealkylation sites (tertiary alicyclic amines) is 2. The molecule has 0 bridgehead atoms. The van der Waals surface area contributed by atoms with Crippen molar-refractivity contribution >= 4 is 15.9 Å². The molecule has 2 saturated heterocycles. The standard InChI is InChI=1S/C11H21N3O3S/c12-18(16,17)10-4-3-5-13(8-10)9-11(15)14-6-1-2-7-14/h10H,1-9H2,(H2,12,16,17). The van der Waals surface area contributed by atoms with Gasteiger partial charge < -0.3 is 4.90 Å². The molecule has 2 aliphatic rings. The lowest BCUT2D eigenvalue weighted by Gasteiger charge is -2.31. The van der Waals surface area contributed by atoms with Crippen molar-refractivity contribution in [1.82, 2.24) is 9.80 Å². The second-order valence-electron chi connectivity index (χ2n) is 5.18. The first kappa shape index (κ1) is 13.8. The van der Waals surface area contributed by atoms with Crippen molar-refractivity contribution in [3.05, 3.63) is 0 Å². The minimum Gasteiger partial charge on any atom is -0.342 e. The number of carbonyl (C=O) groups excluding carboxylic acids is 1. The van der Waals surface area contributed by atoms with Crippen molar-refractivity contribution < 1.29 is 13.2 Å². The van der Waals surface area contributed by atoms with Gasteiger partial charge in [0.15, 0.2) is 0 Å². The van der Waals surface area contributed by atoms with Gasteiger partial charge in [0.25, 0.3) is 0 Å². The molecule has 0 spiro atoms. The predicted octanol–water partition coefficient (Wildman–Crippen LogP) is -0.638. The van der Waals surface area contributed by atoms with Gasteiger partial charge >= 0.3 is 0 Å². The molecule has 0 radical (unpaired) electrons. The van der Waals surface area contributed by atoms with Crippen LogP contribution in [0.1, 0.15) is 25.7 Å². The van der Waals surface area contributed by atoms with Crippen LogP contribution in [-0.2, 0) is 14.8 Å². The molecule has 6 nitrogen and oxygen atoms in total. The number of sulfonamides is 1. The number of nitrogens with two attached hydrogens (primary N) is 1. The number of rotatable bonds is 3. The van der Waals surface area contributed by atoms with Crippen molar-refractivity contribution in [1.29, 1.82) is 0 Å². The van der Waals surface area contributed by atoms with Crippen molar-refractivity contribution in [2.45, 2.75) is 30.9 Å². The largest absolute Gasteiger partial charge is 0.342 e. The van der Waals surface area contributed by atoms with Crippen LogP contribution in [0.15, 0.2) is 0 Å². The predicted molar refractivity (Wildman–Crippen MR) is 68.4 cm³/mol. The summed E-state index contributed by atoms with van der Waals surface area (Å²) in [4.78, 5) is 15.8. The summed E-state index contributed by atoms with van der Waals surface area (Å²) in [5.74, 6) is 0.113. The zero-order chi connectivity index (χ0) is 13.2. The monoisotopic (exact) mass is 275 g/mol. The van der Waals surface area contributed by atoms with E-state index in [1.165, 1.54) is 0 Å². The van der Waals surface area contributed by atoms with E-state index in [0.717, 1.165) is 38.9 Å². The quantitative estimate of drug-likeness (QED) is 0.742. The number of hydrogen-bond donors (Lipinski definition) is 1. The van der Waals surface area contributed by atoms with E-state index in [4.69, 9.17) is 5.14 Å². The van der Waals surface area contributed by atoms with Gasteiger partial charge in [-0.05, 0) is 32.2 Å². The van der Waals surface area contributed by atoms with Gasteiger partial charge in [-0.15, -0.1) is 0 Å². The van der Waals surface area contributed by atoms with Gasteiger partial charge in [0, 0.05) is 19.6 Å². The fourth-order valence-corrected chi connectivity index (χ4v) is 3.60. The summed E-state index contributed by atoms with van der Waals surface area (Å²) in [6, 6.07) is 0. The van der Waals surface area contributed by atoms with Crippen LogP contribution < -0.4 is 5.14 Å². The lowest BCUT2D eigenvalue weighted by atomic mass is 10.1. The van der Waals surface area contributed by atoms with Crippen LogP contribution in [0.3, 0.4) is 0 Å². The van der Waals surface area contributed by atoms with Crippen LogP contribution in [0.25, 0.3) is 0 Å². The van der Waals surface area contributed by atoms with Gasteiger partial charge in [-0.1, -0.05) is 0 Å². The summed E-state index contributed by atoms with van der Waals surface area (Å²) in [6.07, 6.45) is 3.54. The molecule has 2 fully saturated rings. The first-order valence-corrected chi connectivity index (χ1v) is 8.09. The van der Waals surface area contributed by atoms with E-state index in [2.05, 4.69) is 0 Å². The molecule has 104 valence electrons. The smallest absolute Gasteiger partial charge is 0.236 e. The summed E-state index contributed by atoms with van der Waals surface area (Å²) in [7, 11) is -3.48. The van der Waals surface area contributed by atoms with E-state index < -0.39 is 15.3 Å². The van der Waals surface area contributed by atoms with Gasteiger partial charge in [-0.2, -0.15) is 0 Å². The molecule has 0 aromatic heterocycles. The number of amides is 1. The summed E-state index contributed by atoms with van der Waals surface area (Å²) in [6.45, 7) is 3.17. The molecule has 2 heterocycles. The van der Waals surface area contributed by atoms with E-state index in [1.54, 1.807) is 0 Å². The molecular formula is C11H21N3O3S. The summed E-state index contributed by atoms with van der Waals surface area (Å²) in [5.41, 5.74) is 0. The Morgan fingerprint density at radius 1 is 1.17 bits per heavy atom. The van der Waals surface area contributed by atoms with Crippen LogP contribution in [0.4, 0.5) is 0 Å². The van der Waals surface area contributed by atoms with Gasteiger partial charge in [0.1, 0.15) is 0 Å². The fourth-order valence-electron chi connectivity index (χ4n) is 2.68. The van der Waals surface area contributed by atoms with Crippen molar-refractivity contribution in [2.75, 3.05) is 32.7 Å². The zero-order valence-corrected chi connectivity index (χ0v) is 11.4. The van der Waals surface area contributed by atoms with Gasteiger partial charge in [0.05, 0.1) is 11.8 Å². The minimum absolute atomic E-state index is 0.113. The van der Waals surface area contributed by atoms with Crippen LogP contribution in [0, 0.1) is 0 Å². The molecule has 2 rings (SSSR count). The van der Waals surface area contributed by atoms with E-state index >= 15 is 0 Å². The average Bonchev–Trinajstić information content (AvgIpc) is 2.81. The molecule has 0 aromatic carbocycles. The highest BCUT2D eigenvalue weighted by Crippen LogP contribution is 2.16. The molecule has 1 amide bonds. The highest BCUT2D eigenvalue weighted by molar-refractivity contribution is 7.89. The lowest BCUT2D eigenvalue weighted by Crippen LogP contribution is -2.48. The Morgan fingerprint density at radius 3 is 2.44 bits per heavy atom. The molecule has 0 aliphatic carbocycles. The highest BCUT2D eigenvalue weighted by atomic mass is 32.2. The van der Waals surface area contributed by atoms with E-state index in [9.17, 15) is 13.2 Å². The minimum atomic E-state index is -3.48. The Bertz CT molecular complexity index is 404. The molecule has 7 heteroatoms. The maximum absolute atomic E-state index is 12.0. The Hall–Kier alpha value is -0.660. The highest BCUT2D eigenvalue weighted by Gasteiger charge is 2.30. The lowest BCUT2D eigenvalue weighted by molar-refractivity contribution is -0.131. The van der Waals surface area contributed by atoms with Crippen molar-refractivity contribution in [3.63, 3.8) is 0 Å². The normalized spacial score (nSPS) is 26.5. The molecule has 1 atom stereocenters. The van der Waals surface area contributed by atoms with Crippen LogP contribution in [0.5, 0.6) is 0 Å². The van der Waals surface area contributed by atoms with Gasteiger partial charge in [0.2, 0.25) is 15.9 Å². The van der Waals surface area contributed by atoms with E-state index in [0.29, 0.717) is 19.5 Å². The first-order valence-electron chi connectivity index (χ1n) is 6.48. The second kappa shape index (κ2) is 5.54. The number of hydrogen-bond acceptors (Lipinski definition) is 4. The zero-order valence-electron chi connectivity index (χ0n) is 10.5. The molecule has 2 N–H and O–H groups in total. The maximum atomic E-state index is 12.0. The van der Waals surface area contributed by atoms with E-state index in [1.807, 2.05) is 9.80 Å². The molecule has 0 aromatic rings. The Morgan fingerprint density at radius 2 is 1.83 bits per heavy atom. The molecule has 2 aliphatic heterocycles. The third-order valence-electron chi connectivity index (χ3n) is 3.74. The number of primary sulfonamides is 1.